The molecule has 0 aliphatic carbocycles. The fourth-order valence-electron chi connectivity index (χ4n) is 1.88. The van der Waals surface area contributed by atoms with E-state index in [1.807, 2.05) is 54.6 Å². The van der Waals surface area contributed by atoms with Gasteiger partial charge in [0.2, 0.25) is 5.91 Å². The summed E-state index contributed by atoms with van der Waals surface area (Å²) in [6.07, 6.45) is 0.612. The van der Waals surface area contributed by atoms with Crippen molar-refractivity contribution < 1.29 is 9.53 Å². The van der Waals surface area contributed by atoms with Crippen LogP contribution in [0.1, 0.15) is 6.42 Å². The largest absolute Gasteiger partial charge is 0.497 e. The standard InChI is InChI=1S/C17H20N2O2S/c1-21-14-8-5-9-15(12-14)22-11-10-16(18)17(20)19-13-6-3-2-4-7-13/h2-9,12,16H,10-11,18H2,1H3,(H,19,20). The van der Waals surface area contributed by atoms with E-state index in [1.54, 1.807) is 18.9 Å². The van der Waals surface area contributed by atoms with Crippen molar-refractivity contribution in [1.82, 2.24) is 0 Å². The number of hydrogen-bond acceptors (Lipinski definition) is 4. The summed E-state index contributed by atoms with van der Waals surface area (Å²) in [6, 6.07) is 16.7. The first-order chi connectivity index (χ1) is 10.7. The highest BCUT2D eigenvalue weighted by atomic mass is 32.2. The second kappa shape index (κ2) is 8.46. The van der Waals surface area contributed by atoms with Crippen LogP contribution in [0.25, 0.3) is 0 Å². The Labute approximate surface area is 135 Å². The van der Waals surface area contributed by atoms with Gasteiger partial charge in [-0.05, 0) is 42.5 Å². The highest BCUT2D eigenvalue weighted by molar-refractivity contribution is 7.99. The molecule has 1 atom stereocenters. The summed E-state index contributed by atoms with van der Waals surface area (Å²) >= 11 is 1.66. The molecule has 0 saturated heterocycles. The molecular formula is C17H20N2O2S. The lowest BCUT2D eigenvalue weighted by Crippen LogP contribution is -2.36. The average Bonchev–Trinajstić information content (AvgIpc) is 2.56. The first-order valence-electron chi connectivity index (χ1n) is 7.07. The highest BCUT2D eigenvalue weighted by Crippen LogP contribution is 2.23. The molecule has 1 amide bonds. The topological polar surface area (TPSA) is 64.3 Å². The number of hydrogen-bond donors (Lipinski definition) is 2. The van der Waals surface area contributed by atoms with Gasteiger partial charge in [-0.2, -0.15) is 0 Å². The van der Waals surface area contributed by atoms with E-state index in [2.05, 4.69) is 5.32 Å². The molecule has 0 saturated carbocycles. The number of benzene rings is 2. The van der Waals surface area contributed by atoms with E-state index in [9.17, 15) is 4.79 Å². The Morgan fingerprint density at radius 2 is 2.00 bits per heavy atom. The van der Waals surface area contributed by atoms with E-state index in [0.29, 0.717) is 6.42 Å². The van der Waals surface area contributed by atoms with Gasteiger partial charge in [0.1, 0.15) is 5.75 Å². The predicted octanol–water partition coefficient (Wildman–Crippen LogP) is 3.14. The molecule has 116 valence electrons. The fraction of sp³-hybridized carbons (Fsp3) is 0.235. The lowest BCUT2D eigenvalue weighted by Gasteiger charge is -2.12. The molecule has 22 heavy (non-hydrogen) atoms. The van der Waals surface area contributed by atoms with E-state index >= 15 is 0 Å². The van der Waals surface area contributed by atoms with E-state index < -0.39 is 6.04 Å². The predicted molar refractivity (Wildman–Crippen MR) is 91.4 cm³/mol. The number of anilines is 1. The summed E-state index contributed by atoms with van der Waals surface area (Å²) in [5.74, 6) is 1.45. The van der Waals surface area contributed by atoms with Crippen LogP contribution in [0, 0.1) is 0 Å². The van der Waals surface area contributed by atoms with Crippen molar-refractivity contribution in [2.45, 2.75) is 17.4 Å². The Balaban J connectivity index is 1.77. The van der Waals surface area contributed by atoms with Crippen LogP contribution in [0.4, 0.5) is 5.69 Å². The summed E-state index contributed by atoms with van der Waals surface area (Å²) in [5.41, 5.74) is 6.70. The number of nitrogens with one attached hydrogen (secondary N) is 1. The average molecular weight is 316 g/mol. The van der Waals surface area contributed by atoms with Gasteiger partial charge in [0.25, 0.3) is 0 Å². The van der Waals surface area contributed by atoms with Crippen molar-refractivity contribution in [2.24, 2.45) is 5.73 Å². The van der Waals surface area contributed by atoms with Crippen LogP contribution in [-0.2, 0) is 4.79 Å². The quantitative estimate of drug-likeness (QED) is 0.770. The van der Waals surface area contributed by atoms with Crippen molar-refractivity contribution >= 4 is 23.4 Å². The maximum Gasteiger partial charge on any atom is 0.241 e. The fourth-order valence-corrected chi connectivity index (χ4v) is 2.86. The zero-order chi connectivity index (χ0) is 15.8. The molecule has 0 aliphatic rings. The van der Waals surface area contributed by atoms with Gasteiger partial charge in [0.15, 0.2) is 0 Å². The Kier molecular flexibility index (Phi) is 6.30. The molecule has 2 aromatic carbocycles. The van der Waals surface area contributed by atoms with Crippen LogP contribution in [0.3, 0.4) is 0 Å². The molecule has 0 aliphatic heterocycles. The molecule has 4 nitrogen and oxygen atoms in total. The molecule has 3 N–H and O–H groups in total. The van der Waals surface area contributed by atoms with E-state index in [1.165, 1.54) is 0 Å². The third kappa shape index (κ3) is 5.09. The van der Waals surface area contributed by atoms with Crippen LogP contribution in [0.5, 0.6) is 5.75 Å². The Morgan fingerprint density at radius 1 is 1.23 bits per heavy atom. The minimum atomic E-state index is -0.515. The van der Waals surface area contributed by atoms with Crippen molar-refractivity contribution in [3.05, 3.63) is 54.6 Å². The van der Waals surface area contributed by atoms with Crippen molar-refractivity contribution in [3.8, 4) is 5.75 Å². The van der Waals surface area contributed by atoms with Crippen LogP contribution >= 0.6 is 11.8 Å². The molecule has 2 rings (SSSR count). The molecule has 0 bridgehead atoms. The first-order valence-corrected chi connectivity index (χ1v) is 8.06. The van der Waals surface area contributed by atoms with Crippen molar-refractivity contribution in [2.75, 3.05) is 18.2 Å². The number of carbonyl (C=O) groups is 1. The van der Waals surface area contributed by atoms with Crippen LogP contribution in [0.15, 0.2) is 59.5 Å². The maximum atomic E-state index is 12.0. The molecule has 0 fully saturated rings. The smallest absolute Gasteiger partial charge is 0.241 e. The van der Waals surface area contributed by atoms with Gasteiger partial charge in [-0.25, -0.2) is 0 Å². The van der Waals surface area contributed by atoms with Gasteiger partial charge in [0, 0.05) is 10.6 Å². The molecule has 0 radical (unpaired) electrons. The van der Waals surface area contributed by atoms with Crippen molar-refractivity contribution in [1.29, 1.82) is 0 Å². The summed E-state index contributed by atoms with van der Waals surface area (Å²) < 4.78 is 5.18. The van der Waals surface area contributed by atoms with Gasteiger partial charge in [-0.15, -0.1) is 11.8 Å². The molecular weight excluding hydrogens is 296 g/mol. The van der Waals surface area contributed by atoms with E-state index in [4.69, 9.17) is 10.5 Å². The van der Waals surface area contributed by atoms with Gasteiger partial charge < -0.3 is 15.8 Å². The molecule has 2 aromatic rings. The van der Waals surface area contributed by atoms with Gasteiger partial charge in [0.05, 0.1) is 13.2 Å². The third-order valence-corrected chi connectivity index (χ3v) is 4.14. The molecule has 0 aromatic heterocycles. The van der Waals surface area contributed by atoms with Gasteiger partial charge in [-0.1, -0.05) is 24.3 Å². The number of methoxy groups -OCH3 is 1. The Bertz CT molecular complexity index is 605. The number of carbonyl (C=O) groups excluding carboxylic acids is 1. The van der Waals surface area contributed by atoms with Crippen molar-refractivity contribution in [3.63, 3.8) is 0 Å². The zero-order valence-corrected chi connectivity index (χ0v) is 13.3. The highest BCUT2D eigenvalue weighted by Gasteiger charge is 2.13. The second-order valence-electron chi connectivity index (χ2n) is 4.78. The van der Waals surface area contributed by atoms with Crippen LogP contribution in [-0.4, -0.2) is 24.8 Å². The molecule has 0 spiro atoms. The molecule has 1 unspecified atom stereocenters. The van der Waals surface area contributed by atoms with Crippen LogP contribution < -0.4 is 15.8 Å². The SMILES string of the molecule is COc1cccc(SCCC(N)C(=O)Nc2ccccc2)c1. The summed E-state index contributed by atoms with van der Waals surface area (Å²) in [6.45, 7) is 0. The minimum Gasteiger partial charge on any atom is -0.497 e. The minimum absolute atomic E-state index is 0.155. The third-order valence-electron chi connectivity index (χ3n) is 3.12. The number of rotatable bonds is 7. The second-order valence-corrected chi connectivity index (χ2v) is 5.95. The Hall–Kier alpha value is -1.98. The van der Waals surface area contributed by atoms with Gasteiger partial charge >= 0.3 is 0 Å². The number of para-hydroxylation sites is 1. The maximum absolute atomic E-state index is 12.0. The molecule has 0 heterocycles. The number of thioether (sulfide) groups is 1. The normalized spacial score (nSPS) is 11.7. The summed E-state index contributed by atoms with van der Waals surface area (Å²) in [7, 11) is 1.65. The lowest BCUT2D eigenvalue weighted by atomic mass is 10.2. The first kappa shape index (κ1) is 16.4. The lowest BCUT2D eigenvalue weighted by molar-refractivity contribution is -0.117. The number of ether oxygens (including phenoxy) is 1. The number of nitrogens with two attached hydrogens (primary N) is 1. The number of amides is 1. The van der Waals surface area contributed by atoms with Crippen LogP contribution in [0.2, 0.25) is 0 Å². The summed E-state index contributed by atoms with van der Waals surface area (Å²) in [4.78, 5) is 13.1. The van der Waals surface area contributed by atoms with E-state index in [-0.39, 0.29) is 5.91 Å². The Morgan fingerprint density at radius 3 is 2.73 bits per heavy atom. The van der Waals surface area contributed by atoms with Gasteiger partial charge in [-0.3, -0.25) is 4.79 Å². The monoisotopic (exact) mass is 316 g/mol. The van der Waals surface area contributed by atoms with E-state index in [0.717, 1.165) is 22.1 Å². The summed E-state index contributed by atoms with van der Waals surface area (Å²) in [5, 5.41) is 2.82. The molecule has 5 heteroatoms. The zero-order valence-electron chi connectivity index (χ0n) is 12.5.